The van der Waals surface area contributed by atoms with Crippen LogP contribution in [-0.2, 0) is 11.8 Å². The molecule has 2 heterocycles. The van der Waals surface area contributed by atoms with Crippen LogP contribution in [0.15, 0.2) is 98.9 Å². The average Bonchev–Trinajstić information content (AvgIpc) is 3.27. The molecule has 0 saturated carbocycles. The molecule has 6 nitrogen and oxygen atoms in total. The minimum absolute atomic E-state index is 0.0391. The molecule has 0 unspecified atom stereocenters. The third-order valence-corrected chi connectivity index (χ3v) is 5.24. The number of aromatic nitrogens is 3. The standard InChI is InChI=1S/C26H29N5.C2H5N.C2H4/c1-18-5-11-22(12-6-18)31-25(17-23(30-31)26(2,3)4)29-21-9-7-19(8-10-21)15-20-13-14-28-24(27)16-20;1-2-3;1-2/h5-14,16-17,29H,15H2,1-4H3,(H2,27,28);2H,1,3H2;1-2H2. The van der Waals surface area contributed by atoms with Crippen molar-refractivity contribution in [1.82, 2.24) is 14.8 Å². The Bertz CT molecular complexity index is 1230. The fraction of sp³-hybridized carbons (Fsp3) is 0.200. The van der Waals surface area contributed by atoms with E-state index in [1.807, 2.05) is 16.8 Å². The smallest absolute Gasteiger partial charge is 0.134 e. The quantitative estimate of drug-likeness (QED) is 0.276. The zero-order valence-electron chi connectivity index (χ0n) is 21.8. The zero-order valence-corrected chi connectivity index (χ0v) is 21.8. The topological polar surface area (TPSA) is 94.8 Å². The summed E-state index contributed by atoms with van der Waals surface area (Å²) >= 11 is 0. The lowest BCUT2D eigenvalue weighted by atomic mass is 9.92. The summed E-state index contributed by atoms with van der Waals surface area (Å²) in [7, 11) is 0. The minimum atomic E-state index is -0.0391. The van der Waals surface area contributed by atoms with Gasteiger partial charge >= 0.3 is 0 Å². The second-order valence-corrected chi connectivity index (χ2v) is 9.24. The molecule has 4 rings (SSSR count). The summed E-state index contributed by atoms with van der Waals surface area (Å²) in [6.07, 6.45) is 3.82. The van der Waals surface area contributed by atoms with E-state index in [-0.39, 0.29) is 5.41 Å². The van der Waals surface area contributed by atoms with Crippen LogP contribution in [0.2, 0.25) is 0 Å². The van der Waals surface area contributed by atoms with Crippen LogP contribution in [0.5, 0.6) is 0 Å². The molecular formula is C30H38N6. The number of aryl methyl sites for hydroxylation is 1. The lowest BCUT2D eigenvalue weighted by Gasteiger charge is -2.14. The van der Waals surface area contributed by atoms with Crippen LogP contribution < -0.4 is 16.8 Å². The van der Waals surface area contributed by atoms with Gasteiger partial charge < -0.3 is 16.8 Å². The third-order valence-electron chi connectivity index (χ3n) is 5.24. The molecule has 0 aliphatic rings. The molecule has 4 aromatic rings. The number of anilines is 3. The van der Waals surface area contributed by atoms with E-state index in [9.17, 15) is 0 Å². The van der Waals surface area contributed by atoms with Crippen LogP contribution in [0.3, 0.4) is 0 Å². The van der Waals surface area contributed by atoms with E-state index in [1.54, 1.807) is 6.20 Å². The van der Waals surface area contributed by atoms with Crippen molar-refractivity contribution < 1.29 is 0 Å². The first kappa shape index (κ1) is 27.9. The highest BCUT2D eigenvalue weighted by atomic mass is 15.3. The van der Waals surface area contributed by atoms with Crippen molar-refractivity contribution in [3.8, 4) is 5.69 Å². The molecule has 5 N–H and O–H groups in total. The number of nitrogens with one attached hydrogen (secondary N) is 1. The van der Waals surface area contributed by atoms with Crippen molar-refractivity contribution in [3.05, 3.63) is 121 Å². The number of nitrogens with two attached hydrogens (primary N) is 2. The van der Waals surface area contributed by atoms with E-state index in [4.69, 9.17) is 10.8 Å². The monoisotopic (exact) mass is 482 g/mol. The first-order valence-electron chi connectivity index (χ1n) is 11.8. The second kappa shape index (κ2) is 13.0. The molecule has 6 heteroatoms. The van der Waals surface area contributed by atoms with E-state index in [0.29, 0.717) is 5.82 Å². The molecule has 2 aromatic carbocycles. The van der Waals surface area contributed by atoms with Crippen molar-refractivity contribution in [1.29, 1.82) is 0 Å². The molecule has 188 valence electrons. The Kier molecular flexibility index (Phi) is 10.0. The predicted molar refractivity (Wildman–Crippen MR) is 154 cm³/mol. The molecule has 0 radical (unpaired) electrons. The van der Waals surface area contributed by atoms with Crippen molar-refractivity contribution in [2.75, 3.05) is 11.1 Å². The lowest BCUT2D eigenvalue weighted by molar-refractivity contribution is 0.560. The molecule has 0 amide bonds. The Labute approximate surface area is 215 Å². The van der Waals surface area contributed by atoms with Gasteiger partial charge in [0.1, 0.15) is 11.6 Å². The van der Waals surface area contributed by atoms with Gasteiger partial charge in [-0.05, 0) is 67.1 Å². The molecule has 0 spiro atoms. The van der Waals surface area contributed by atoms with Crippen molar-refractivity contribution >= 4 is 17.3 Å². The van der Waals surface area contributed by atoms with Gasteiger partial charge in [-0.1, -0.05) is 57.2 Å². The Balaban J connectivity index is 0.000000850. The van der Waals surface area contributed by atoms with E-state index in [0.717, 1.165) is 34.9 Å². The molecule has 0 saturated heterocycles. The highest BCUT2D eigenvalue weighted by molar-refractivity contribution is 5.60. The van der Waals surface area contributed by atoms with Crippen molar-refractivity contribution in [2.24, 2.45) is 5.73 Å². The maximum absolute atomic E-state index is 5.80. The van der Waals surface area contributed by atoms with Crippen LogP contribution in [0, 0.1) is 6.92 Å². The fourth-order valence-corrected chi connectivity index (χ4v) is 3.41. The Morgan fingerprint density at radius 3 is 2.11 bits per heavy atom. The molecule has 2 aromatic heterocycles. The average molecular weight is 483 g/mol. The summed E-state index contributed by atoms with van der Waals surface area (Å²) in [6, 6.07) is 22.9. The van der Waals surface area contributed by atoms with Crippen LogP contribution in [0.1, 0.15) is 43.2 Å². The summed E-state index contributed by atoms with van der Waals surface area (Å²) in [5.41, 5.74) is 17.1. The van der Waals surface area contributed by atoms with Crippen molar-refractivity contribution in [2.45, 2.75) is 39.5 Å². The molecule has 0 atom stereocenters. The van der Waals surface area contributed by atoms with E-state index in [2.05, 4.69) is 118 Å². The number of rotatable bonds is 5. The maximum atomic E-state index is 5.80. The molecule has 0 fully saturated rings. The molecule has 0 bridgehead atoms. The van der Waals surface area contributed by atoms with Crippen molar-refractivity contribution in [3.63, 3.8) is 0 Å². The summed E-state index contributed by atoms with van der Waals surface area (Å²) in [6.45, 7) is 17.8. The number of pyridine rings is 1. The first-order chi connectivity index (χ1) is 17.2. The summed E-state index contributed by atoms with van der Waals surface area (Å²) < 4.78 is 1.98. The Morgan fingerprint density at radius 1 is 0.944 bits per heavy atom. The van der Waals surface area contributed by atoms with Crippen LogP contribution in [0.4, 0.5) is 17.3 Å². The fourth-order valence-electron chi connectivity index (χ4n) is 3.41. The van der Waals surface area contributed by atoms with Gasteiger partial charge in [-0.15, -0.1) is 13.2 Å². The van der Waals surface area contributed by atoms with Crippen LogP contribution >= 0.6 is 0 Å². The minimum Gasteiger partial charge on any atom is -0.405 e. The lowest BCUT2D eigenvalue weighted by Crippen LogP contribution is -2.12. The first-order valence-corrected chi connectivity index (χ1v) is 11.8. The molecule has 36 heavy (non-hydrogen) atoms. The summed E-state index contributed by atoms with van der Waals surface area (Å²) in [4.78, 5) is 4.06. The predicted octanol–water partition coefficient (Wildman–Crippen LogP) is 6.68. The van der Waals surface area contributed by atoms with E-state index in [1.165, 1.54) is 17.3 Å². The molecule has 0 aliphatic carbocycles. The Hall–Kier alpha value is -4.32. The number of hydrogen-bond donors (Lipinski definition) is 3. The van der Waals surface area contributed by atoms with Crippen LogP contribution in [0.25, 0.3) is 5.69 Å². The maximum Gasteiger partial charge on any atom is 0.134 e. The molecule has 0 aliphatic heterocycles. The number of nitrogen functional groups attached to an aromatic ring is 1. The van der Waals surface area contributed by atoms with E-state index >= 15 is 0 Å². The van der Waals surface area contributed by atoms with Crippen LogP contribution in [-0.4, -0.2) is 14.8 Å². The van der Waals surface area contributed by atoms with Gasteiger partial charge in [0.05, 0.1) is 11.4 Å². The van der Waals surface area contributed by atoms with Gasteiger partial charge in [-0.3, -0.25) is 0 Å². The van der Waals surface area contributed by atoms with Gasteiger partial charge in [0, 0.05) is 23.4 Å². The third kappa shape index (κ3) is 7.87. The molecular weight excluding hydrogens is 444 g/mol. The second-order valence-electron chi connectivity index (χ2n) is 9.24. The zero-order chi connectivity index (χ0) is 26.7. The van der Waals surface area contributed by atoms with Gasteiger partial charge in [0.25, 0.3) is 0 Å². The number of hydrogen-bond acceptors (Lipinski definition) is 5. The van der Waals surface area contributed by atoms with Gasteiger partial charge in [-0.25, -0.2) is 9.67 Å². The summed E-state index contributed by atoms with van der Waals surface area (Å²) in [5, 5.41) is 8.44. The van der Waals surface area contributed by atoms with Gasteiger partial charge in [0.2, 0.25) is 0 Å². The van der Waals surface area contributed by atoms with Gasteiger partial charge in [0.15, 0.2) is 0 Å². The normalized spacial score (nSPS) is 10.3. The largest absolute Gasteiger partial charge is 0.405 e. The SMILES string of the molecule is C=C.C=CN.Cc1ccc(-n2nc(C(C)(C)C)cc2Nc2ccc(Cc3ccnc(N)c3)cc2)cc1. The number of nitrogens with zero attached hydrogens (tertiary/aromatic N) is 3. The highest BCUT2D eigenvalue weighted by Crippen LogP contribution is 2.28. The van der Waals surface area contributed by atoms with Gasteiger partial charge in [-0.2, -0.15) is 5.10 Å². The summed E-state index contributed by atoms with van der Waals surface area (Å²) in [5.74, 6) is 1.50. The van der Waals surface area contributed by atoms with E-state index < -0.39 is 0 Å². The Morgan fingerprint density at radius 2 is 1.56 bits per heavy atom. The number of benzene rings is 2. The highest BCUT2D eigenvalue weighted by Gasteiger charge is 2.20.